The minimum Gasteiger partial charge on any atom is -0.477 e. The first-order chi connectivity index (χ1) is 11.3. The molecule has 122 valence electrons. The Balaban J connectivity index is 1.57. The standard InChI is InChI=1S/C17H21N3O3/c1-2-3-9-22-16-13(5-4-8-18-16)10-19-15(21)14-11-20-17(23-14)12-6-7-12/h4-5,8,11-12H,2-3,6-7,9-10H2,1H3,(H,19,21). The van der Waals surface area contributed by atoms with Gasteiger partial charge >= 0.3 is 0 Å². The van der Waals surface area contributed by atoms with Crippen LogP contribution in [0.4, 0.5) is 0 Å². The number of nitrogens with zero attached hydrogens (tertiary/aromatic N) is 2. The number of pyridine rings is 1. The number of hydrogen-bond donors (Lipinski definition) is 1. The molecule has 6 heteroatoms. The number of ether oxygens (including phenoxy) is 1. The molecule has 23 heavy (non-hydrogen) atoms. The van der Waals surface area contributed by atoms with Gasteiger partial charge in [-0.25, -0.2) is 9.97 Å². The second kappa shape index (κ2) is 7.26. The lowest BCUT2D eigenvalue weighted by Gasteiger charge is -2.10. The van der Waals surface area contributed by atoms with Gasteiger partial charge in [0.25, 0.3) is 5.91 Å². The normalized spacial score (nSPS) is 13.8. The molecule has 0 radical (unpaired) electrons. The van der Waals surface area contributed by atoms with Gasteiger partial charge in [-0.3, -0.25) is 4.79 Å². The molecular formula is C17H21N3O3. The zero-order valence-electron chi connectivity index (χ0n) is 13.2. The summed E-state index contributed by atoms with van der Waals surface area (Å²) in [5.41, 5.74) is 0.846. The van der Waals surface area contributed by atoms with Crippen LogP contribution in [0.25, 0.3) is 0 Å². The predicted octanol–water partition coefficient (Wildman–Crippen LogP) is 3.06. The summed E-state index contributed by atoms with van der Waals surface area (Å²) in [5.74, 6) is 1.61. The molecule has 3 rings (SSSR count). The molecule has 0 aliphatic heterocycles. The number of unbranched alkanes of at least 4 members (excludes halogenated alkanes) is 1. The Bertz CT molecular complexity index is 665. The maximum Gasteiger partial charge on any atom is 0.288 e. The van der Waals surface area contributed by atoms with Gasteiger partial charge in [0.2, 0.25) is 11.6 Å². The predicted molar refractivity (Wildman–Crippen MR) is 84.3 cm³/mol. The zero-order valence-corrected chi connectivity index (χ0v) is 13.2. The molecule has 2 aromatic rings. The molecule has 1 aliphatic carbocycles. The first kappa shape index (κ1) is 15.5. The molecule has 0 saturated heterocycles. The second-order valence-corrected chi connectivity index (χ2v) is 5.69. The number of hydrogen-bond acceptors (Lipinski definition) is 5. The summed E-state index contributed by atoms with van der Waals surface area (Å²) < 4.78 is 11.2. The van der Waals surface area contributed by atoms with Crippen LogP contribution in [0.15, 0.2) is 28.9 Å². The number of rotatable bonds is 8. The van der Waals surface area contributed by atoms with Crippen molar-refractivity contribution in [3.05, 3.63) is 41.7 Å². The van der Waals surface area contributed by atoms with Crippen molar-refractivity contribution in [1.82, 2.24) is 15.3 Å². The van der Waals surface area contributed by atoms with Crippen molar-refractivity contribution in [3.63, 3.8) is 0 Å². The van der Waals surface area contributed by atoms with E-state index in [2.05, 4.69) is 22.2 Å². The molecule has 1 saturated carbocycles. The van der Waals surface area contributed by atoms with Gasteiger partial charge in [0.1, 0.15) is 0 Å². The highest BCUT2D eigenvalue weighted by Gasteiger charge is 2.29. The SMILES string of the molecule is CCCCOc1ncccc1CNC(=O)c1cnc(C2CC2)o1. The van der Waals surface area contributed by atoms with E-state index in [1.54, 1.807) is 6.20 Å². The van der Waals surface area contributed by atoms with Crippen LogP contribution in [0.1, 0.15) is 60.5 Å². The Kier molecular flexibility index (Phi) is 4.90. The highest BCUT2D eigenvalue weighted by molar-refractivity contribution is 5.91. The number of carbonyl (C=O) groups excluding carboxylic acids is 1. The molecular weight excluding hydrogens is 294 g/mol. The summed E-state index contributed by atoms with van der Waals surface area (Å²) in [7, 11) is 0. The highest BCUT2D eigenvalue weighted by atomic mass is 16.5. The van der Waals surface area contributed by atoms with E-state index in [1.807, 2.05) is 12.1 Å². The fourth-order valence-electron chi connectivity index (χ4n) is 2.18. The maximum absolute atomic E-state index is 12.1. The third-order valence-corrected chi connectivity index (χ3v) is 3.70. The smallest absolute Gasteiger partial charge is 0.288 e. The van der Waals surface area contributed by atoms with Gasteiger partial charge < -0.3 is 14.5 Å². The molecule has 0 aromatic carbocycles. The summed E-state index contributed by atoms with van der Waals surface area (Å²) in [5, 5.41) is 2.83. The Morgan fingerprint density at radius 3 is 3.09 bits per heavy atom. The number of carbonyl (C=O) groups is 1. The van der Waals surface area contributed by atoms with Crippen molar-refractivity contribution in [2.75, 3.05) is 6.61 Å². The zero-order chi connectivity index (χ0) is 16.1. The lowest BCUT2D eigenvalue weighted by molar-refractivity contribution is 0.0921. The Labute approximate surface area is 135 Å². The van der Waals surface area contributed by atoms with Crippen molar-refractivity contribution in [2.24, 2.45) is 0 Å². The number of aromatic nitrogens is 2. The number of nitrogens with one attached hydrogen (secondary N) is 1. The molecule has 2 aromatic heterocycles. The fraction of sp³-hybridized carbons (Fsp3) is 0.471. The summed E-state index contributed by atoms with van der Waals surface area (Å²) in [6.45, 7) is 3.07. The topological polar surface area (TPSA) is 77.2 Å². The Hall–Kier alpha value is -2.37. The molecule has 0 bridgehead atoms. The van der Waals surface area contributed by atoms with E-state index in [0.29, 0.717) is 30.8 Å². The third kappa shape index (κ3) is 4.09. The van der Waals surface area contributed by atoms with Gasteiger partial charge in [0.15, 0.2) is 5.89 Å². The van der Waals surface area contributed by atoms with Crippen molar-refractivity contribution in [2.45, 2.75) is 45.1 Å². The van der Waals surface area contributed by atoms with Crippen LogP contribution >= 0.6 is 0 Å². The van der Waals surface area contributed by atoms with E-state index < -0.39 is 0 Å². The summed E-state index contributed by atoms with van der Waals surface area (Å²) >= 11 is 0. The van der Waals surface area contributed by atoms with Crippen molar-refractivity contribution in [1.29, 1.82) is 0 Å². The number of oxazole rings is 1. The van der Waals surface area contributed by atoms with Crippen LogP contribution in [-0.4, -0.2) is 22.5 Å². The second-order valence-electron chi connectivity index (χ2n) is 5.69. The molecule has 0 atom stereocenters. The van der Waals surface area contributed by atoms with Gasteiger partial charge in [0, 0.05) is 24.2 Å². The van der Waals surface area contributed by atoms with Crippen LogP contribution in [0.2, 0.25) is 0 Å². The largest absolute Gasteiger partial charge is 0.477 e. The quantitative estimate of drug-likeness (QED) is 0.758. The van der Waals surface area contributed by atoms with Gasteiger partial charge in [-0.05, 0) is 25.3 Å². The Morgan fingerprint density at radius 1 is 1.43 bits per heavy atom. The molecule has 2 heterocycles. The van der Waals surface area contributed by atoms with Crippen molar-refractivity contribution >= 4 is 5.91 Å². The average molecular weight is 315 g/mol. The van der Waals surface area contributed by atoms with Gasteiger partial charge in [0.05, 0.1) is 12.8 Å². The van der Waals surface area contributed by atoms with Gasteiger partial charge in [-0.1, -0.05) is 19.4 Å². The van der Waals surface area contributed by atoms with Crippen LogP contribution in [0.3, 0.4) is 0 Å². The molecule has 1 aliphatic rings. The monoisotopic (exact) mass is 315 g/mol. The van der Waals surface area contributed by atoms with E-state index in [4.69, 9.17) is 9.15 Å². The molecule has 1 N–H and O–H groups in total. The van der Waals surface area contributed by atoms with E-state index >= 15 is 0 Å². The van der Waals surface area contributed by atoms with Crippen LogP contribution < -0.4 is 10.1 Å². The molecule has 1 fully saturated rings. The fourth-order valence-corrected chi connectivity index (χ4v) is 2.18. The minimum atomic E-state index is -0.271. The van der Waals surface area contributed by atoms with Crippen molar-refractivity contribution < 1.29 is 13.9 Å². The van der Waals surface area contributed by atoms with E-state index in [0.717, 1.165) is 31.2 Å². The van der Waals surface area contributed by atoms with Gasteiger partial charge in [-0.2, -0.15) is 0 Å². The van der Waals surface area contributed by atoms with Gasteiger partial charge in [-0.15, -0.1) is 0 Å². The molecule has 1 amide bonds. The molecule has 6 nitrogen and oxygen atoms in total. The summed E-state index contributed by atoms with van der Waals surface area (Å²) in [6.07, 6.45) is 7.40. The lowest BCUT2D eigenvalue weighted by Crippen LogP contribution is -2.22. The average Bonchev–Trinajstić information content (AvgIpc) is 3.31. The molecule has 0 unspecified atom stereocenters. The first-order valence-corrected chi connectivity index (χ1v) is 8.08. The number of amides is 1. The highest BCUT2D eigenvalue weighted by Crippen LogP contribution is 2.39. The maximum atomic E-state index is 12.1. The summed E-state index contributed by atoms with van der Waals surface area (Å²) in [6, 6.07) is 3.72. The summed E-state index contributed by atoms with van der Waals surface area (Å²) in [4.78, 5) is 20.5. The van der Waals surface area contributed by atoms with E-state index in [-0.39, 0.29) is 11.7 Å². The third-order valence-electron chi connectivity index (χ3n) is 3.70. The van der Waals surface area contributed by atoms with Crippen LogP contribution in [-0.2, 0) is 6.54 Å². The Morgan fingerprint density at radius 2 is 2.30 bits per heavy atom. The first-order valence-electron chi connectivity index (χ1n) is 8.08. The van der Waals surface area contributed by atoms with E-state index in [9.17, 15) is 4.79 Å². The van der Waals surface area contributed by atoms with E-state index in [1.165, 1.54) is 6.20 Å². The van der Waals surface area contributed by atoms with Crippen molar-refractivity contribution in [3.8, 4) is 5.88 Å². The minimum absolute atomic E-state index is 0.254. The molecule has 0 spiro atoms. The van der Waals surface area contributed by atoms with Crippen LogP contribution in [0, 0.1) is 0 Å². The van der Waals surface area contributed by atoms with Crippen LogP contribution in [0.5, 0.6) is 5.88 Å². The lowest BCUT2D eigenvalue weighted by atomic mass is 10.2.